The summed E-state index contributed by atoms with van der Waals surface area (Å²) in [5, 5.41) is 5.73. The predicted molar refractivity (Wildman–Crippen MR) is 85.2 cm³/mol. The van der Waals surface area contributed by atoms with Crippen LogP contribution in [0.4, 0.5) is 0 Å². The van der Waals surface area contributed by atoms with Crippen LogP contribution in [0.5, 0.6) is 0 Å². The highest BCUT2D eigenvalue weighted by Gasteiger charge is 2.11. The zero-order valence-corrected chi connectivity index (χ0v) is 12.4. The fourth-order valence-electron chi connectivity index (χ4n) is 2.55. The smallest absolute Gasteiger partial charge is 0.0958 e. The van der Waals surface area contributed by atoms with Gasteiger partial charge in [0.2, 0.25) is 0 Å². The number of aromatic nitrogens is 2. The number of para-hydroxylation sites is 2. The van der Waals surface area contributed by atoms with Gasteiger partial charge in [0.25, 0.3) is 0 Å². The van der Waals surface area contributed by atoms with Crippen LogP contribution in [-0.4, -0.2) is 22.1 Å². The maximum absolute atomic E-state index is 4.47. The molecule has 3 nitrogen and oxygen atoms in total. The minimum absolute atomic E-state index is 0.441. The highest BCUT2D eigenvalue weighted by Crippen LogP contribution is 2.15. The molecule has 0 fully saturated rings. The summed E-state index contributed by atoms with van der Waals surface area (Å²) in [5.74, 6) is 0. The predicted octanol–water partition coefficient (Wildman–Crippen LogP) is 3.32. The molecule has 4 heteroatoms. The lowest BCUT2D eigenvalue weighted by molar-refractivity contribution is 0.463. The van der Waals surface area contributed by atoms with E-state index in [1.54, 1.807) is 0 Å². The molecule has 2 aromatic heterocycles. The Bertz CT molecular complexity index is 657. The summed E-state index contributed by atoms with van der Waals surface area (Å²) in [7, 11) is 0. The van der Waals surface area contributed by atoms with E-state index >= 15 is 0 Å². The van der Waals surface area contributed by atoms with Crippen molar-refractivity contribution in [3.63, 3.8) is 0 Å². The molecule has 0 radical (unpaired) electrons. The Morgan fingerprint density at radius 2 is 2.15 bits per heavy atom. The number of thiophene rings is 1. The molecular weight excluding hydrogens is 266 g/mol. The molecule has 1 aromatic carbocycles. The Kier molecular flexibility index (Phi) is 4.14. The summed E-state index contributed by atoms with van der Waals surface area (Å²) in [5.41, 5.74) is 2.28. The van der Waals surface area contributed by atoms with E-state index in [-0.39, 0.29) is 0 Å². The van der Waals surface area contributed by atoms with E-state index in [9.17, 15) is 0 Å². The van der Waals surface area contributed by atoms with Crippen molar-refractivity contribution in [3.8, 4) is 0 Å². The van der Waals surface area contributed by atoms with Crippen molar-refractivity contribution in [2.24, 2.45) is 0 Å². The molecule has 2 heterocycles. The molecule has 0 aliphatic carbocycles. The molecule has 0 spiro atoms. The summed E-state index contributed by atoms with van der Waals surface area (Å²) >= 11 is 1.83. The van der Waals surface area contributed by atoms with Gasteiger partial charge in [0, 0.05) is 17.5 Å². The van der Waals surface area contributed by atoms with Crippen molar-refractivity contribution in [1.29, 1.82) is 0 Å². The summed E-state index contributed by atoms with van der Waals surface area (Å²) in [6.07, 6.45) is 3.02. The number of nitrogens with zero attached hydrogens (tertiary/aromatic N) is 2. The van der Waals surface area contributed by atoms with Crippen LogP contribution in [0.1, 0.15) is 11.8 Å². The molecular formula is C16H19N3S. The van der Waals surface area contributed by atoms with E-state index in [2.05, 4.69) is 57.5 Å². The second kappa shape index (κ2) is 6.20. The SMILES string of the molecule is CCNC(Cc1cccs1)Cn1cnc2ccccc21. The first-order chi connectivity index (χ1) is 9.86. The zero-order valence-electron chi connectivity index (χ0n) is 11.6. The fraction of sp³-hybridized carbons (Fsp3) is 0.312. The van der Waals surface area contributed by atoms with E-state index in [0.29, 0.717) is 6.04 Å². The molecule has 0 aliphatic heterocycles. The molecule has 0 bridgehead atoms. The van der Waals surface area contributed by atoms with Gasteiger partial charge in [-0.1, -0.05) is 25.1 Å². The van der Waals surface area contributed by atoms with E-state index in [1.165, 1.54) is 10.4 Å². The van der Waals surface area contributed by atoms with Crippen LogP contribution < -0.4 is 5.32 Å². The molecule has 3 aromatic rings. The van der Waals surface area contributed by atoms with Crippen molar-refractivity contribution in [3.05, 3.63) is 53.0 Å². The van der Waals surface area contributed by atoms with Crippen LogP contribution in [0.25, 0.3) is 11.0 Å². The summed E-state index contributed by atoms with van der Waals surface area (Å²) in [6, 6.07) is 13.1. The minimum Gasteiger partial charge on any atom is -0.329 e. The van der Waals surface area contributed by atoms with Gasteiger partial charge in [-0.3, -0.25) is 0 Å². The second-order valence-electron chi connectivity index (χ2n) is 4.92. The molecule has 3 rings (SSSR count). The quantitative estimate of drug-likeness (QED) is 0.753. The lowest BCUT2D eigenvalue weighted by Crippen LogP contribution is -2.34. The van der Waals surface area contributed by atoms with Crippen LogP contribution in [0.2, 0.25) is 0 Å². The Morgan fingerprint density at radius 3 is 2.95 bits per heavy atom. The maximum Gasteiger partial charge on any atom is 0.0958 e. The van der Waals surface area contributed by atoms with Gasteiger partial charge in [-0.05, 0) is 36.5 Å². The summed E-state index contributed by atoms with van der Waals surface area (Å²) in [4.78, 5) is 5.90. The first kappa shape index (κ1) is 13.3. The van der Waals surface area contributed by atoms with Crippen molar-refractivity contribution in [2.75, 3.05) is 6.54 Å². The van der Waals surface area contributed by atoms with Gasteiger partial charge in [-0.2, -0.15) is 0 Å². The Balaban J connectivity index is 1.78. The van der Waals surface area contributed by atoms with Gasteiger partial charge in [-0.15, -0.1) is 11.3 Å². The lowest BCUT2D eigenvalue weighted by atomic mass is 10.1. The fourth-order valence-corrected chi connectivity index (χ4v) is 3.34. The Labute approximate surface area is 123 Å². The largest absolute Gasteiger partial charge is 0.329 e. The van der Waals surface area contributed by atoms with Gasteiger partial charge in [0.1, 0.15) is 0 Å². The number of hydrogen-bond acceptors (Lipinski definition) is 3. The van der Waals surface area contributed by atoms with E-state index in [0.717, 1.165) is 25.0 Å². The number of imidazole rings is 1. The number of likely N-dealkylation sites (N-methyl/N-ethyl adjacent to an activating group) is 1. The van der Waals surface area contributed by atoms with Gasteiger partial charge in [-0.25, -0.2) is 4.98 Å². The van der Waals surface area contributed by atoms with Crippen LogP contribution in [-0.2, 0) is 13.0 Å². The average Bonchev–Trinajstić information content (AvgIpc) is 3.10. The maximum atomic E-state index is 4.47. The Morgan fingerprint density at radius 1 is 1.25 bits per heavy atom. The minimum atomic E-state index is 0.441. The number of rotatable bonds is 6. The lowest BCUT2D eigenvalue weighted by Gasteiger charge is -2.18. The second-order valence-corrected chi connectivity index (χ2v) is 5.96. The molecule has 1 N–H and O–H groups in total. The van der Waals surface area contributed by atoms with Gasteiger partial charge >= 0.3 is 0 Å². The highest BCUT2D eigenvalue weighted by molar-refractivity contribution is 7.09. The molecule has 0 saturated heterocycles. The van der Waals surface area contributed by atoms with E-state index in [1.807, 2.05) is 23.7 Å². The third-order valence-electron chi connectivity index (χ3n) is 3.46. The van der Waals surface area contributed by atoms with Crippen molar-refractivity contribution in [1.82, 2.24) is 14.9 Å². The summed E-state index contributed by atoms with van der Waals surface area (Å²) in [6.45, 7) is 4.10. The molecule has 0 amide bonds. The molecule has 20 heavy (non-hydrogen) atoms. The van der Waals surface area contributed by atoms with Crippen LogP contribution in [0, 0.1) is 0 Å². The monoisotopic (exact) mass is 285 g/mol. The van der Waals surface area contributed by atoms with Gasteiger partial charge in [0.15, 0.2) is 0 Å². The zero-order chi connectivity index (χ0) is 13.8. The van der Waals surface area contributed by atoms with Crippen LogP contribution >= 0.6 is 11.3 Å². The number of hydrogen-bond donors (Lipinski definition) is 1. The number of benzene rings is 1. The molecule has 0 saturated carbocycles. The molecule has 1 atom stereocenters. The van der Waals surface area contributed by atoms with E-state index < -0.39 is 0 Å². The van der Waals surface area contributed by atoms with Crippen molar-refractivity contribution in [2.45, 2.75) is 25.9 Å². The average molecular weight is 285 g/mol. The first-order valence-corrected chi connectivity index (χ1v) is 7.90. The van der Waals surface area contributed by atoms with Crippen LogP contribution in [0.3, 0.4) is 0 Å². The third-order valence-corrected chi connectivity index (χ3v) is 4.36. The first-order valence-electron chi connectivity index (χ1n) is 7.02. The molecule has 0 aliphatic rings. The normalized spacial score (nSPS) is 12.8. The third kappa shape index (κ3) is 2.92. The highest BCUT2D eigenvalue weighted by atomic mass is 32.1. The molecule has 104 valence electrons. The van der Waals surface area contributed by atoms with Gasteiger partial charge in [0.05, 0.1) is 17.4 Å². The van der Waals surface area contributed by atoms with Crippen molar-refractivity contribution >= 4 is 22.4 Å². The Hall–Kier alpha value is -1.65. The standard InChI is InChI=1S/C16H19N3S/c1-2-17-13(10-14-6-5-9-20-14)11-19-12-18-15-7-3-4-8-16(15)19/h3-9,12-13,17H,2,10-11H2,1H3. The van der Waals surface area contributed by atoms with Crippen LogP contribution in [0.15, 0.2) is 48.1 Å². The van der Waals surface area contributed by atoms with Crippen molar-refractivity contribution < 1.29 is 0 Å². The van der Waals surface area contributed by atoms with E-state index in [4.69, 9.17) is 0 Å². The number of nitrogens with one attached hydrogen (secondary N) is 1. The topological polar surface area (TPSA) is 29.9 Å². The number of fused-ring (bicyclic) bond motifs is 1. The summed E-state index contributed by atoms with van der Waals surface area (Å²) < 4.78 is 2.25. The van der Waals surface area contributed by atoms with Gasteiger partial charge < -0.3 is 9.88 Å². The molecule has 1 unspecified atom stereocenters.